The summed E-state index contributed by atoms with van der Waals surface area (Å²) >= 11 is 0. The Morgan fingerprint density at radius 1 is 1.29 bits per heavy atom. The van der Waals surface area contributed by atoms with Crippen molar-refractivity contribution < 1.29 is 17.9 Å². The summed E-state index contributed by atoms with van der Waals surface area (Å²) in [4.78, 5) is 11.6. The van der Waals surface area contributed by atoms with Gasteiger partial charge in [0.05, 0.1) is 18.3 Å². The molecule has 1 heterocycles. The minimum atomic E-state index is -3.11. The van der Waals surface area contributed by atoms with Crippen LogP contribution >= 0.6 is 0 Å². The van der Waals surface area contributed by atoms with Crippen molar-refractivity contribution in [2.45, 2.75) is 33.1 Å². The maximum Gasteiger partial charge on any atom is 0.309 e. The first-order valence-corrected chi connectivity index (χ1v) is 7.76. The van der Waals surface area contributed by atoms with E-state index in [-0.39, 0.29) is 17.6 Å². The highest BCUT2D eigenvalue weighted by molar-refractivity contribution is 7.89. The number of hydrogen-bond acceptors (Lipinski definition) is 4. The number of rotatable bonds is 5. The van der Waals surface area contributed by atoms with Crippen LogP contribution in [0.3, 0.4) is 0 Å². The van der Waals surface area contributed by atoms with Gasteiger partial charge in [0.1, 0.15) is 0 Å². The second-order valence-corrected chi connectivity index (χ2v) is 6.50. The average molecular weight is 263 g/mol. The lowest BCUT2D eigenvalue weighted by molar-refractivity contribution is -0.149. The highest BCUT2D eigenvalue weighted by atomic mass is 32.2. The Balaban J connectivity index is 2.43. The lowest BCUT2D eigenvalue weighted by Crippen LogP contribution is -2.41. The van der Waals surface area contributed by atoms with Crippen molar-refractivity contribution in [3.05, 3.63) is 0 Å². The van der Waals surface area contributed by atoms with Crippen molar-refractivity contribution >= 4 is 16.0 Å². The first-order chi connectivity index (χ1) is 8.01. The van der Waals surface area contributed by atoms with Gasteiger partial charge in [0, 0.05) is 13.1 Å². The number of piperidine rings is 1. The molecule has 0 bridgehead atoms. The maximum atomic E-state index is 11.6. The van der Waals surface area contributed by atoms with E-state index in [1.165, 1.54) is 4.31 Å². The predicted molar refractivity (Wildman–Crippen MR) is 65.0 cm³/mol. The number of carbonyl (C=O) groups excluding carboxylic acids is 1. The molecule has 0 unspecified atom stereocenters. The van der Waals surface area contributed by atoms with E-state index in [1.54, 1.807) is 6.92 Å². The molecular weight excluding hydrogens is 242 g/mol. The van der Waals surface area contributed by atoms with E-state index in [9.17, 15) is 13.2 Å². The van der Waals surface area contributed by atoms with Gasteiger partial charge >= 0.3 is 5.97 Å². The number of sulfonamides is 1. The van der Waals surface area contributed by atoms with E-state index in [2.05, 4.69) is 0 Å². The molecule has 1 rings (SSSR count). The second-order valence-electron chi connectivity index (χ2n) is 4.24. The van der Waals surface area contributed by atoms with Crippen molar-refractivity contribution in [3.63, 3.8) is 0 Å². The molecule has 6 heteroatoms. The molecular formula is C11H21NO4S. The Labute approximate surface area is 103 Å². The quantitative estimate of drug-likeness (QED) is 0.694. The van der Waals surface area contributed by atoms with Gasteiger partial charge in [0.25, 0.3) is 0 Å². The molecule has 100 valence electrons. The van der Waals surface area contributed by atoms with E-state index in [1.807, 2.05) is 6.92 Å². The van der Waals surface area contributed by atoms with Gasteiger partial charge < -0.3 is 4.74 Å². The van der Waals surface area contributed by atoms with Crippen LogP contribution in [0.1, 0.15) is 33.1 Å². The summed E-state index contributed by atoms with van der Waals surface area (Å²) in [7, 11) is -3.11. The molecule has 0 atom stereocenters. The summed E-state index contributed by atoms with van der Waals surface area (Å²) in [5, 5.41) is 0. The van der Waals surface area contributed by atoms with Gasteiger partial charge in [-0.15, -0.1) is 0 Å². The molecule has 0 aromatic rings. The van der Waals surface area contributed by atoms with Crippen molar-refractivity contribution in [2.24, 2.45) is 5.92 Å². The highest BCUT2D eigenvalue weighted by Crippen LogP contribution is 2.21. The Morgan fingerprint density at radius 2 is 1.88 bits per heavy atom. The van der Waals surface area contributed by atoms with Crippen LogP contribution in [0, 0.1) is 5.92 Å². The fourth-order valence-electron chi connectivity index (χ4n) is 1.87. The maximum absolute atomic E-state index is 11.6. The minimum Gasteiger partial charge on any atom is -0.465 e. The second kappa shape index (κ2) is 6.35. The molecule has 0 N–H and O–H groups in total. The first kappa shape index (κ1) is 14.4. The van der Waals surface area contributed by atoms with Crippen LogP contribution in [0.5, 0.6) is 0 Å². The topological polar surface area (TPSA) is 63.7 Å². The first-order valence-electron chi connectivity index (χ1n) is 6.15. The van der Waals surface area contributed by atoms with E-state index >= 15 is 0 Å². The van der Waals surface area contributed by atoms with Crippen molar-refractivity contribution in [3.8, 4) is 0 Å². The SMILES string of the molecule is CCCOC(=O)C1CCN(S(=O)(=O)CC)CC1. The molecule has 0 radical (unpaired) electrons. The number of hydrogen-bond donors (Lipinski definition) is 0. The van der Waals surface area contributed by atoms with Crippen LogP contribution in [0.2, 0.25) is 0 Å². The summed E-state index contributed by atoms with van der Waals surface area (Å²) in [6, 6.07) is 0. The average Bonchev–Trinajstić information content (AvgIpc) is 2.36. The fraction of sp³-hybridized carbons (Fsp3) is 0.909. The molecule has 1 saturated heterocycles. The van der Waals surface area contributed by atoms with Crippen LogP contribution in [0.4, 0.5) is 0 Å². The van der Waals surface area contributed by atoms with E-state index in [0.29, 0.717) is 32.5 Å². The number of ether oxygens (including phenoxy) is 1. The van der Waals surface area contributed by atoms with Crippen LogP contribution < -0.4 is 0 Å². The zero-order valence-electron chi connectivity index (χ0n) is 10.5. The third kappa shape index (κ3) is 3.96. The Morgan fingerprint density at radius 3 is 2.35 bits per heavy atom. The smallest absolute Gasteiger partial charge is 0.309 e. The number of nitrogens with zero attached hydrogens (tertiary/aromatic N) is 1. The van der Waals surface area contributed by atoms with Gasteiger partial charge in [0.2, 0.25) is 10.0 Å². The standard InChI is InChI=1S/C11H21NO4S/c1-3-9-16-11(13)10-5-7-12(8-6-10)17(14,15)4-2/h10H,3-9H2,1-2H3. The number of carbonyl (C=O) groups is 1. The van der Waals surface area contributed by atoms with Gasteiger partial charge in [0.15, 0.2) is 0 Å². The van der Waals surface area contributed by atoms with E-state index in [0.717, 1.165) is 6.42 Å². The van der Waals surface area contributed by atoms with Gasteiger partial charge in [-0.25, -0.2) is 12.7 Å². The molecule has 1 aliphatic rings. The molecule has 0 amide bonds. The highest BCUT2D eigenvalue weighted by Gasteiger charge is 2.30. The van der Waals surface area contributed by atoms with Crippen molar-refractivity contribution in [1.82, 2.24) is 4.31 Å². The van der Waals surface area contributed by atoms with Crippen LogP contribution in [-0.2, 0) is 19.6 Å². The fourth-order valence-corrected chi connectivity index (χ4v) is 3.01. The molecule has 1 aliphatic heterocycles. The van der Waals surface area contributed by atoms with E-state index in [4.69, 9.17) is 4.74 Å². The largest absolute Gasteiger partial charge is 0.465 e. The van der Waals surface area contributed by atoms with Crippen LogP contribution in [-0.4, -0.2) is 44.1 Å². The zero-order valence-corrected chi connectivity index (χ0v) is 11.3. The molecule has 5 nitrogen and oxygen atoms in total. The Kier molecular flexibility index (Phi) is 5.39. The summed E-state index contributed by atoms with van der Waals surface area (Å²) < 4.78 is 29.8. The molecule has 0 saturated carbocycles. The van der Waals surface area contributed by atoms with Crippen molar-refractivity contribution in [1.29, 1.82) is 0 Å². The number of esters is 1. The molecule has 0 aromatic heterocycles. The lowest BCUT2D eigenvalue weighted by atomic mass is 9.98. The summed E-state index contributed by atoms with van der Waals surface area (Å²) in [5.41, 5.74) is 0. The lowest BCUT2D eigenvalue weighted by Gasteiger charge is -2.29. The zero-order chi connectivity index (χ0) is 12.9. The molecule has 0 spiro atoms. The summed E-state index contributed by atoms with van der Waals surface area (Å²) in [6.07, 6.45) is 1.96. The van der Waals surface area contributed by atoms with Crippen molar-refractivity contribution in [2.75, 3.05) is 25.4 Å². The molecule has 0 aromatic carbocycles. The Hall–Kier alpha value is -0.620. The van der Waals surface area contributed by atoms with Gasteiger partial charge in [-0.05, 0) is 26.2 Å². The van der Waals surface area contributed by atoms with Gasteiger partial charge in [-0.1, -0.05) is 6.92 Å². The van der Waals surface area contributed by atoms with Crippen LogP contribution in [0.15, 0.2) is 0 Å². The third-order valence-corrected chi connectivity index (χ3v) is 4.88. The van der Waals surface area contributed by atoms with E-state index < -0.39 is 10.0 Å². The Bertz CT molecular complexity index is 344. The van der Waals surface area contributed by atoms with Gasteiger partial charge in [-0.3, -0.25) is 4.79 Å². The molecule has 1 fully saturated rings. The van der Waals surface area contributed by atoms with Gasteiger partial charge in [-0.2, -0.15) is 0 Å². The summed E-state index contributed by atoms with van der Waals surface area (Å²) in [6.45, 7) is 4.90. The predicted octanol–water partition coefficient (Wildman–Crippen LogP) is 1.00. The monoisotopic (exact) mass is 263 g/mol. The summed E-state index contributed by atoms with van der Waals surface area (Å²) in [5.74, 6) is -0.192. The molecule has 17 heavy (non-hydrogen) atoms. The van der Waals surface area contributed by atoms with Crippen LogP contribution in [0.25, 0.3) is 0 Å². The minimum absolute atomic E-state index is 0.123. The molecule has 0 aliphatic carbocycles. The normalized spacial score (nSPS) is 19.2. The third-order valence-electron chi connectivity index (χ3n) is 2.99.